The Bertz CT molecular complexity index is 1040. The molecule has 0 aliphatic carbocycles. The lowest BCUT2D eigenvalue weighted by Crippen LogP contribution is -2.51. The fourth-order valence-corrected chi connectivity index (χ4v) is 4.70. The second-order valence-corrected chi connectivity index (χ2v) is 9.47. The first kappa shape index (κ1) is 25.6. The van der Waals surface area contributed by atoms with Crippen LogP contribution < -0.4 is 5.32 Å². The van der Waals surface area contributed by atoms with E-state index < -0.39 is 6.04 Å². The standard InChI is InChI=1S/C29H34N2O2S/c1-3-17-30-29(33)27(19-24-12-6-4-7-13-24)31(20-25-14-8-5-9-15-25)28(32)22-34-21-26-16-10-11-23(2)18-26/h4-16,18,27H,3,17,19-22H2,1-2H3,(H,30,33)/t27-/m1/s1. The predicted molar refractivity (Wildman–Crippen MR) is 142 cm³/mol. The summed E-state index contributed by atoms with van der Waals surface area (Å²) in [5.74, 6) is 0.971. The van der Waals surface area contributed by atoms with Crippen molar-refractivity contribution in [1.29, 1.82) is 0 Å². The lowest BCUT2D eigenvalue weighted by Gasteiger charge is -2.31. The van der Waals surface area contributed by atoms with Crippen LogP contribution >= 0.6 is 11.8 Å². The summed E-state index contributed by atoms with van der Waals surface area (Å²) in [6.45, 7) is 5.10. The molecule has 0 fully saturated rings. The van der Waals surface area contributed by atoms with Gasteiger partial charge in [-0.05, 0) is 30.0 Å². The normalized spacial score (nSPS) is 11.6. The van der Waals surface area contributed by atoms with Crippen LogP contribution in [0.4, 0.5) is 0 Å². The number of carbonyl (C=O) groups excluding carboxylic acids is 2. The minimum atomic E-state index is -0.568. The molecule has 0 saturated carbocycles. The minimum Gasteiger partial charge on any atom is -0.354 e. The summed E-state index contributed by atoms with van der Waals surface area (Å²) < 4.78 is 0. The smallest absolute Gasteiger partial charge is 0.243 e. The van der Waals surface area contributed by atoms with E-state index >= 15 is 0 Å². The van der Waals surface area contributed by atoms with Gasteiger partial charge in [0, 0.05) is 25.3 Å². The van der Waals surface area contributed by atoms with Crippen molar-refractivity contribution in [3.05, 3.63) is 107 Å². The number of rotatable bonds is 12. The Morgan fingerprint density at radius 1 is 0.882 bits per heavy atom. The Balaban J connectivity index is 1.80. The Kier molecular flexibility index (Phi) is 10.2. The number of benzene rings is 3. The number of nitrogens with zero attached hydrogens (tertiary/aromatic N) is 1. The topological polar surface area (TPSA) is 49.4 Å². The summed E-state index contributed by atoms with van der Waals surface area (Å²) >= 11 is 1.59. The van der Waals surface area contributed by atoms with Crippen LogP contribution in [0.25, 0.3) is 0 Å². The van der Waals surface area contributed by atoms with Crippen LogP contribution in [0.3, 0.4) is 0 Å². The SMILES string of the molecule is CCCNC(=O)[C@@H](Cc1ccccc1)N(Cc1ccccc1)C(=O)CSCc1cccc(C)c1. The molecular weight excluding hydrogens is 440 g/mol. The molecule has 5 heteroatoms. The molecule has 0 aromatic heterocycles. The first-order chi connectivity index (χ1) is 16.6. The molecule has 0 bridgehead atoms. The highest BCUT2D eigenvalue weighted by Gasteiger charge is 2.30. The van der Waals surface area contributed by atoms with Gasteiger partial charge in [-0.1, -0.05) is 97.4 Å². The Hall–Kier alpha value is -3.05. The van der Waals surface area contributed by atoms with E-state index in [1.165, 1.54) is 11.1 Å². The van der Waals surface area contributed by atoms with Gasteiger partial charge < -0.3 is 10.2 Å². The molecule has 4 nitrogen and oxygen atoms in total. The van der Waals surface area contributed by atoms with Crippen molar-refractivity contribution in [3.8, 4) is 0 Å². The molecule has 0 unspecified atom stereocenters. The van der Waals surface area contributed by atoms with E-state index in [2.05, 4.69) is 30.4 Å². The lowest BCUT2D eigenvalue weighted by molar-refractivity contribution is -0.139. The molecule has 0 aliphatic rings. The fourth-order valence-electron chi connectivity index (χ4n) is 3.84. The maximum absolute atomic E-state index is 13.5. The summed E-state index contributed by atoms with van der Waals surface area (Å²) in [4.78, 5) is 28.6. The van der Waals surface area contributed by atoms with E-state index in [-0.39, 0.29) is 11.8 Å². The molecule has 178 valence electrons. The number of aryl methyl sites for hydroxylation is 1. The van der Waals surface area contributed by atoms with E-state index in [9.17, 15) is 9.59 Å². The van der Waals surface area contributed by atoms with Gasteiger partial charge in [-0.15, -0.1) is 11.8 Å². The van der Waals surface area contributed by atoms with Crippen LogP contribution in [0.15, 0.2) is 84.9 Å². The third-order valence-corrected chi connectivity index (χ3v) is 6.58. The average Bonchev–Trinajstić information content (AvgIpc) is 2.86. The molecular formula is C29H34N2O2S. The summed E-state index contributed by atoms with van der Waals surface area (Å²) in [6.07, 6.45) is 1.33. The molecule has 1 atom stereocenters. The van der Waals surface area contributed by atoms with Gasteiger partial charge in [0.05, 0.1) is 5.75 Å². The van der Waals surface area contributed by atoms with Gasteiger partial charge in [-0.25, -0.2) is 0 Å². The molecule has 0 heterocycles. The van der Waals surface area contributed by atoms with E-state index in [1.54, 1.807) is 16.7 Å². The first-order valence-electron chi connectivity index (χ1n) is 11.8. The number of hydrogen-bond acceptors (Lipinski definition) is 3. The monoisotopic (exact) mass is 474 g/mol. The molecule has 3 rings (SSSR count). The minimum absolute atomic E-state index is 0.0194. The fraction of sp³-hybridized carbons (Fsp3) is 0.310. The lowest BCUT2D eigenvalue weighted by atomic mass is 10.0. The van der Waals surface area contributed by atoms with Crippen molar-refractivity contribution in [3.63, 3.8) is 0 Å². The molecule has 0 spiro atoms. The van der Waals surface area contributed by atoms with E-state index in [1.807, 2.05) is 73.7 Å². The second-order valence-electron chi connectivity index (χ2n) is 8.49. The van der Waals surface area contributed by atoms with Gasteiger partial charge in [0.15, 0.2) is 0 Å². The third kappa shape index (κ3) is 8.07. The maximum Gasteiger partial charge on any atom is 0.243 e. The molecule has 0 radical (unpaired) electrons. The third-order valence-electron chi connectivity index (χ3n) is 5.59. The zero-order valence-electron chi connectivity index (χ0n) is 20.1. The van der Waals surface area contributed by atoms with Crippen molar-refractivity contribution < 1.29 is 9.59 Å². The summed E-state index contributed by atoms with van der Waals surface area (Å²) in [6, 6.07) is 27.6. The Morgan fingerprint density at radius 3 is 2.18 bits per heavy atom. The van der Waals surface area contributed by atoms with Crippen molar-refractivity contribution in [2.24, 2.45) is 0 Å². The molecule has 0 saturated heterocycles. The highest BCUT2D eigenvalue weighted by Crippen LogP contribution is 2.19. The maximum atomic E-state index is 13.5. The number of nitrogens with one attached hydrogen (secondary N) is 1. The first-order valence-corrected chi connectivity index (χ1v) is 13.0. The molecule has 0 aliphatic heterocycles. The van der Waals surface area contributed by atoms with Crippen LogP contribution in [0.5, 0.6) is 0 Å². The predicted octanol–water partition coefficient (Wildman–Crippen LogP) is 5.39. The van der Waals surface area contributed by atoms with E-state index in [0.29, 0.717) is 25.3 Å². The molecule has 1 N–H and O–H groups in total. The summed E-state index contributed by atoms with van der Waals surface area (Å²) in [7, 11) is 0. The number of thioether (sulfide) groups is 1. The summed E-state index contributed by atoms with van der Waals surface area (Å²) in [5, 5.41) is 3.02. The molecule has 2 amide bonds. The van der Waals surface area contributed by atoms with Gasteiger partial charge in [0.25, 0.3) is 0 Å². The quantitative estimate of drug-likeness (QED) is 0.383. The zero-order valence-corrected chi connectivity index (χ0v) is 20.9. The number of carbonyl (C=O) groups is 2. The van der Waals surface area contributed by atoms with E-state index in [0.717, 1.165) is 23.3 Å². The van der Waals surface area contributed by atoms with Gasteiger partial charge in [0.1, 0.15) is 6.04 Å². The van der Waals surface area contributed by atoms with Crippen LogP contribution in [0.2, 0.25) is 0 Å². The highest BCUT2D eigenvalue weighted by atomic mass is 32.2. The zero-order chi connectivity index (χ0) is 24.2. The number of hydrogen-bond donors (Lipinski definition) is 1. The molecule has 3 aromatic rings. The Morgan fingerprint density at radius 2 is 1.53 bits per heavy atom. The van der Waals surface area contributed by atoms with Crippen LogP contribution in [-0.4, -0.2) is 35.1 Å². The van der Waals surface area contributed by atoms with Crippen molar-refractivity contribution in [1.82, 2.24) is 10.2 Å². The number of amides is 2. The van der Waals surface area contributed by atoms with Crippen molar-refractivity contribution in [2.75, 3.05) is 12.3 Å². The highest BCUT2D eigenvalue weighted by molar-refractivity contribution is 7.99. The largest absolute Gasteiger partial charge is 0.354 e. The van der Waals surface area contributed by atoms with Crippen molar-refractivity contribution in [2.45, 2.75) is 45.0 Å². The molecule has 3 aromatic carbocycles. The second kappa shape index (κ2) is 13.6. The Labute approximate surface area is 207 Å². The van der Waals surface area contributed by atoms with Crippen LogP contribution in [-0.2, 0) is 28.3 Å². The van der Waals surface area contributed by atoms with Crippen molar-refractivity contribution >= 4 is 23.6 Å². The average molecular weight is 475 g/mol. The van der Waals surface area contributed by atoms with Gasteiger partial charge in [0.2, 0.25) is 11.8 Å². The van der Waals surface area contributed by atoms with E-state index in [4.69, 9.17) is 0 Å². The van der Waals surface area contributed by atoms with Gasteiger partial charge >= 0.3 is 0 Å². The molecule has 34 heavy (non-hydrogen) atoms. The summed E-state index contributed by atoms with van der Waals surface area (Å²) in [5.41, 5.74) is 4.47. The van der Waals surface area contributed by atoms with Gasteiger partial charge in [-0.3, -0.25) is 9.59 Å². The van der Waals surface area contributed by atoms with Crippen LogP contribution in [0, 0.1) is 6.92 Å². The van der Waals surface area contributed by atoms with Crippen LogP contribution in [0.1, 0.15) is 35.6 Å². The van der Waals surface area contributed by atoms with Gasteiger partial charge in [-0.2, -0.15) is 0 Å².